The fourth-order valence-electron chi connectivity index (χ4n) is 2.94. The molecule has 1 fully saturated rings. The van der Waals surface area contributed by atoms with Crippen LogP contribution in [0.25, 0.3) is 0 Å². The monoisotopic (exact) mass is 392 g/mol. The van der Waals surface area contributed by atoms with Gasteiger partial charge in [0.25, 0.3) is 5.91 Å². The van der Waals surface area contributed by atoms with Crippen LogP contribution < -0.4 is 9.62 Å². The largest absolute Gasteiger partial charge is 0.322 e. The topological polar surface area (TPSA) is 66.5 Å². The summed E-state index contributed by atoms with van der Waals surface area (Å²) < 4.78 is 25.8. The number of nitrogens with one attached hydrogen (secondary N) is 1. The van der Waals surface area contributed by atoms with E-state index in [1.54, 1.807) is 18.2 Å². The minimum Gasteiger partial charge on any atom is -0.322 e. The van der Waals surface area contributed by atoms with E-state index in [-0.39, 0.29) is 16.7 Å². The molecule has 0 atom stereocenters. The maximum Gasteiger partial charge on any atom is 0.257 e. The van der Waals surface area contributed by atoms with Crippen LogP contribution in [0.4, 0.5) is 11.4 Å². The van der Waals surface area contributed by atoms with Gasteiger partial charge in [-0.2, -0.15) is 0 Å². The highest BCUT2D eigenvalue weighted by molar-refractivity contribution is 7.92. The van der Waals surface area contributed by atoms with E-state index in [4.69, 9.17) is 11.6 Å². The van der Waals surface area contributed by atoms with Crippen LogP contribution in [0.1, 0.15) is 34.3 Å². The van der Waals surface area contributed by atoms with Crippen LogP contribution >= 0.6 is 11.6 Å². The molecule has 0 radical (unpaired) electrons. The molecule has 2 aromatic rings. The van der Waals surface area contributed by atoms with E-state index in [0.717, 1.165) is 17.5 Å². The molecule has 1 amide bonds. The molecule has 0 unspecified atom stereocenters. The predicted molar refractivity (Wildman–Crippen MR) is 106 cm³/mol. The number of benzene rings is 2. The standard InChI is InChI=1S/C19H21ClN2O3S/c1-13-5-6-15(11-14(13)2)21-19(23)17-8-7-16(12-18(17)20)22-9-3-4-10-26(22,24)25/h5-8,11-12H,3-4,9-10H2,1-2H3,(H,21,23). The molecular formula is C19H21ClN2O3S. The number of aryl methyl sites for hydroxylation is 2. The lowest BCUT2D eigenvalue weighted by Crippen LogP contribution is -2.37. The zero-order valence-corrected chi connectivity index (χ0v) is 16.3. The number of rotatable bonds is 3. The normalized spacial score (nSPS) is 16.3. The van der Waals surface area contributed by atoms with Gasteiger partial charge in [0, 0.05) is 12.2 Å². The summed E-state index contributed by atoms with van der Waals surface area (Å²) in [5, 5.41) is 3.05. The Bertz CT molecular complexity index is 957. The first-order chi connectivity index (χ1) is 12.3. The van der Waals surface area contributed by atoms with Crippen molar-refractivity contribution in [3.63, 3.8) is 0 Å². The first-order valence-electron chi connectivity index (χ1n) is 8.46. The Morgan fingerprint density at radius 1 is 1.08 bits per heavy atom. The second-order valence-corrected chi connectivity index (χ2v) is 8.93. The molecule has 1 aliphatic rings. The molecule has 5 nitrogen and oxygen atoms in total. The number of halogens is 1. The van der Waals surface area contributed by atoms with Gasteiger partial charge in [0.05, 0.1) is 22.0 Å². The van der Waals surface area contributed by atoms with Crippen molar-refractivity contribution < 1.29 is 13.2 Å². The first-order valence-corrected chi connectivity index (χ1v) is 10.5. The van der Waals surface area contributed by atoms with Crippen molar-refractivity contribution in [1.82, 2.24) is 0 Å². The van der Waals surface area contributed by atoms with Gasteiger partial charge in [-0.3, -0.25) is 9.10 Å². The third kappa shape index (κ3) is 3.86. The minimum atomic E-state index is -3.31. The SMILES string of the molecule is Cc1ccc(NC(=O)c2ccc(N3CCCCS3(=O)=O)cc2Cl)cc1C. The van der Waals surface area contributed by atoms with Crippen LogP contribution in [0.15, 0.2) is 36.4 Å². The molecule has 0 saturated carbocycles. The Morgan fingerprint density at radius 2 is 1.85 bits per heavy atom. The molecule has 1 saturated heterocycles. The molecule has 0 spiro atoms. The molecule has 26 heavy (non-hydrogen) atoms. The van der Waals surface area contributed by atoms with Gasteiger partial charge in [-0.05, 0) is 68.1 Å². The van der Waals surface area contributed by atoms with Gasteiger partial charge >= 0.3 is 0 Å². The van der Waals surface area contributed by atoms with Crippen LogP contribution in [0, 0.1) is 13.8 Å². The van der Waals surface area contributed by atoms with Crippen LogP contribution in [0.5, 0.6) is 0 Å². The molecule has 138 valence electrons. The average molecular weight is 393 g/mol. The lowest BCUT2D eigenvalue weighted by molar-refractivity contribution is 0.102. The van der Waals surface area contributed by atoms with Crippen LogP contribution in [-0.4, -0.2) is 26.6 Å². The molecule has 0 aromatic heterocycles. The van der Waals surface area contributed by atoms with Gasteiger partial charge in [0.15, 0.2) is 0 Å². The number of sulfonamides is 1. The number of hydrogen-bond donors (Lipinski definition) is 1. The number of nitrogens with zero attached hydrogens (tertiary/aromatic N) is 1. The van der Waals surface area contributed by atoms with E-state index >= 15 is 0 Å². The van der Waals surface area contributed by atoms with E-state index in [2.05, 4.69) is 5.32 Å². The van der Waals surface area contributed by atoms with Gasteiger partial charge in [-0.1, -0.05) is 17.7 Å². The first kappa shape index (κ1) is 18.7. The fourth-order valence-corrected chi connectivity index (χ4v) is 4.83. The summed E-state index contributed by atoms with van der Waals surface area (Å²) in [5.74, 6) is -0.189. The highest BCUT2D eigenvalue weighted by Gasteiger charge is 2.26. The summed E-state index contributed by atoms with van der Waals surface area (Å²) >= 11 is 6.28. The lowest BCUT2D eigenvalue weighted by Gasteiger charge is -2.28. The second kappa shape index (κ2) is 7.29. The number of carbonyl (C=O) groups is 1. The summed E-state index contributed by atoms with van der Waals surface area (Å²) in [6.45, 7) is 4.42. The Kier molecular flexibility index (Phi) is 5.25. The van der Waals surface area contributed by atoms with Crippen molar-refractivity contribution in [2.75, 3.05) is 21.9 Å². The quantitative estimate of drug-likeness (QED) is 0.853. The lowest BCUT2D eigenvalue weighted by atomic mass is 10.1. The molecule has 0 bridgehead atoms. The van der Waals surface area contributed by atoms with E-state index in [1.807, 2.05) is 32.0 Å². The van der Waals surface area contributed by atoms with Crippen molar-refractivity contribution in [2.45, 2.75) is 26.7 Å². The Hall–Kier alpha value is -2.05. The molecule has 2 aromatic carbocycles. The molecule has 1 heterocycles. The molecule has 1 N–H and O–H groups in total. The second-order valence-electron chi connectivity index (χ2n) is 6.51. The van der Waals surface area contributed by atoms with Gasteiger partial charge < -0.3 is 5.32 Å². The summed E-state index contributed by atoms with van der Waals surface area (Å²) in [6, 6.07) is 10.4. The summed E-state index contributed by atoms with van der Waals surface area (Å²) in [5.41, 5.74) is 3.73. The van der Waals surface area contributed by atoms with Gasteiger partial charge in [0.2, 0.25) is 10.0 Å². The summed E-state index contributed by atoms with van der Waals surface area (Å²) in [4.78, 5) is 12.5. The molecular weight excluding hydrogens is 372 g/mol. The molecule has 0 aliphatic carbocycles. The predicted octanol–water partition coefficient (Wildman–Crippen LogP) is 4.14. The van der Waals surface area contributed by atoms with Crippen molar-refractivity contribution in [2.24, 2.45) is 0 Å². The minimum absolute atomic E-state index is 0.139. The van der Waals surface area contributed by atoms with Crippen molar-refractivity contribution >= 4 is 38.9 Å². The Morgan fingerprint density at radius 3 is 2.50 bits per heavy atom. The van der Waals surface area contributed by atoms with E-state index in [9.17, 15) is 13.2 Å². The summed E-state index contributed by atoms with van der Waals surface area (Å²) in [7, 11) is -3.31. The van der Waals surface area contributed by atoms with Crippen LogP contribution in [-0.2, 0) is 10.0 Å². The number of anilines is 2. The maximum absolute atomic E-state index is 12.5. The Balaban J connectivity index is 1.83. The van der Waals surface area contributed by atoms with Gasteiger partial charge in [0.1, 0.15) is 0 Å². The van der Waals surface area contributed by atoms with Crippen LogP contribution in [0.3, 0.4) is 0 Å². The highest BCUT2D eigenvalue weighted by Crippen LogP contribution is 2.29. The summed E-state index contributed by atoms with van der Waals surface area (Å²) in [6.07, 6.45) is 1.48. The average Bonchev–Trinajstić information content (AvgIpc) is 2.57. The van der Waals surface area contributed by atoms with E-state index in [0.29, 0.717) is 29.9 Å². The smallest absolute Gasteiger partial charge is 0.257 e. The number of amides is 1. The Labute approximate surface area is 159 Å². The third-order valence-corrected chi connectivity index (χ3v) is 6.78. The van der Waals surface area contributed by atoms with Crippen molar-refractivity contribution in [1.29, 1.82) is 0 Å². The van der Waals surface area contributed by atoms with E-state index < -0.39 is 10.0 Å². The zero-order valence-electron chi connectivity index (χ0n) is 14.8. The maximum atomic E-state index is 12.5. The van der Waals surface area contributed by atoms with Crippen molar-refractivity contribution in [3.05, 3.63) is 58.1 Å². The third-order valence-electron chi connectivity index (χ3n) is 4.60. The number of hydrogen-bond acceptors (Lipinski definition) is 3. The van der Waals surface area contributed by atoms with Crippen molar-refractivity contribution in [3.8, 4) is 0 Å². The molecule has 1 aliphatic heterocycles. The van der Waals surface area contributed by atoms with Gasteiger partial charge in [-0.25, -0.2) is 8.42 Å². The molecule has 7 heteroatoms. The number of carbonyl (C=O) groups excluding carboxylic acids is 1. The molecule has 3 rings (SSSR count). The van der Waals surface area contributed by atoms with Gasteiger partial charge in [-0.15, -0.1) is 0 Å². The highest BCUT2D eigenvalue weighted by atomic mass is 35.5. The van der Waals surface area contributed by atoms with Crippen LogP contribution in [0.2, 0.25) is 5.02 Å². The van der Waals surface area contributed by atoms with E-state index in [1.165, 1.54) is 4.31 Å². The zero-order chi connectivity index (χ0) is 18.9. The fraction of sp³-hybridized carbons (Fsp3) is 0.316.